The van der Waals surface area contributed by atoms with Crippen molar-refractivity contribution < 1.29 is 9.53 Å². The summed E-state index contributed by atoms with van der Waals surface area (Å²) >= 11 is 0. The second-order valence-corrected chi connectivity index (χ2v) is 4.44. The number of nitrogens with zero attached hydrogens (tertiary/aromatic N) is 2. The summed E-state index contributed by atoms with van der Waals surface area (Å²) in [6.45, 7) is 2.60. The molecule has 4 nitrogen and oxygen atoms in total. The van der Waals surface area contributed by atoms with Crippen LogP contribution in [0.25, 0.3) is 0 Å². The Morgan fingerprint density at radius 3 is 3.00 bits per heavy atom. The molecule has 1 saturated heterocycles. The number of carbonyl (C=O) groups is 1. The number of amides is 1. The molecule has 1 unspecified atom stereocenters. The fourth-order valence-corrected chi connectivity index (χ4v) is 2.20. The van der Waals surface area contributed by atoms with Crippen LogP contribution in [0.2, 0.25) is 0 Å². The number of hydrogen-bond donors (Lipinski definition) is 0. The monoisotopic (exact) mass is 234 g/mol. The highest BCUT2D eigenvalue weighted by Crippen LogP contribution is 2.26. The normalized spacial score (nSPS) is 24.1. The molecule has 0 radical (unpaired) electrons. The summed E-state index contributed by atoms with van der Waals surface area (Å²) in [5, 5.41) is 0. The predicted molar refractivity (Wildman–Crippen MR) is 64.7 cm³/mol. The van der Waals surface area contributed by atoms with Crippen molar-refractivity contribution in [1.82, 2.24) is 9.88 Å². The number of rotatable bonds is 4. The highest BCUT2D eigenvalue weighted by molar-refractivity contribution is 5.81. The average Bonchev–Trinajstić information content (AvgIpc) is 2.65. The van der Waals surface area contributed by atoms with E-state index in [1.165, 1.54) is 0 Å². The standard InChI is InChI=1S/C13H18N2O2/c1-3-10-7-11(15(2)13(10)16)9-17-12-5-4-6-14-8-12/h4-6,8,10-11H,3,7,9H2,1-2H3/t10-,11?/m0/s1. The van der Waals surface area contributed by atoms with E-state index in [-0.39, 0.29) is 17.9 Å². The lowest BCUT2D eigenvalue weighted by Gasteiger charge is -2.19. The highest BCUT2D eigenvalue weighted by Gasteiger charge is 2.36. The quantitative estimate of drug-likeness (QED) is 0.796. The Morgan fingerprint density at radius 1 is 1.59 bits per heavy atom. The lowest BCUT2D eigenvalue weighted by atomic mass is 10.0. The summed E-state index contributed by atoms with van der Waals surface area (Å²) in [5.74, 6) is 1.17. The lowest BCUT2D eigenvalue weighted by molar-refractivity contribution is -0.131. The van der Waals surface area contributed by atoms with Crippen LogP contribution in [0.1, 0.15) is 19.8 Å². The molecular formula is C13H18N2O2. The van der Waals surface area contributed by atoms with Gasteiger partial charge in [-0.05, 0) is 25.0 Å². The molecule has 1 aliphatic heterocycles. The van der Waals surface area contributed by atoms with Gasteiger partial charge in [0.1, 0.15) is 12.4 Å². The average molecular weight is 234 g/mol. The van der Waals surface area contributed by atoms with Crippen molar-refractivity contribution >= 4 is 5.91 Å². The number of pyridine rings is 1. The molecule has 0 spiro atoms. The number of likely N-dealkylation sites (tertiary alicyclic amines) is 1. The van der Waals surface area contributed by atoms with Gasteiger partial charge < -0.3 is 9.64 Å². The van der Waals surface area contributed by atoms with Crippen molar-refractivity contribution in [2.24, 2.45) is 5.92 Å². The van der Waals surface area contributed by atoms with Gasteiger partial charge in [-0.15, -0.1) is 0 Å². The van der Waals surface area contributed by atoms with Crippen LogP contribution in [0.3, 0.4) is 0 Å². The predicted octanol–water partition coefficient (Wildman–Crippen LogP) is 1.72. The van der Waals surface area contributed by atoms with Gasteiger partial charge in [0, 0.05) is 19.2 Å². The van der Waals surface area contributed by atoms with Gasteiger partial charge in [-0.2, -0.15) is 0 Å². The summed E-state index contributed by atoms with van der Waals surface area (Å²) in [4.78, 5) is 17.6. The summed E-state index contributed by atoms with van der Waals surface area (Å²) in [7, 11) is 1.86. The Labute approximate surface area is 102 Å². The van der Waals surface area contributed by atoms with E-state index >= 15 is 0 Å². The molecule has 2 heterocycles. The van der Waals surface area contributed by atoms with Crippen molar-refractivity contribution in [1.29, 1.82) is 0 Å². The molecule has 17 heavy (non-hydrogen) atoms. The Bertz CT molecular complexity index is 380. The van der Waals surface area contributed by atoms with Crippen LogP contribution in [-0.4, -0.2) is 35.5 Å². The molecule has 0 aliphatic carbocycles. The van der Waals surface area contributed by atoms with Gasteiger partial charge in [0.2, 0.25) is 5.91 Å². The molecule has 2 atom stereocenters. The number of aromatic nitrogens is 1. The largest absolute Gasteiger partial charge is 0.490 e. The van der Waals surface area contributed by atoms with Gasteiger partial charge in [-0.1, -0.05) is 6.92 Å². The number of hydrogen-bond acceptors (Lipinski definition) is 3. The van der Waals surface area contributed by atoms with Crippen LogP contribution in [0.5, 0.6) is 5.75 Å². The maximum Gasteiger partial charge on any atom is 0.225 e. The van der Waals surface area contributed by atoms with Crippen LogP contribution in [0.4, 0.5) is 0 Å². The van der Waals surface area contributed by atoms with Gasteiger partial charge >= 0.3 is 0 Å². The summed E-state index contributed by atoms with van der Waals surface area (Å²) < 4.78 is 5.65. The maximum absolute atomic E-state index is 11.8. The molecule has 0 bridgehead atoms. The lowest BCUT2D eigenvalue weighted by Crippen LogP contribution is -2.33. The van der Waals surface area contributed by atoms with Crippen molar-refractivity contribution in [3.05, 3.63) is 24.5 Å². The summed E-state index contributed by atoms with van der Waals surface area (Å²) in [5.41, 5.74) is 0. The minimum Gasteiger partial charge on any atom is -0.490 e. The van der Waals surface area contributed by atoms with E-state index in [9.17, 15) is 4.79 Å². The third-order valence-electron chi connectivity index (χ3n) is 3.37. The molecule has 4 heteroatoms. The van der Waals surface area contributed by atoms with E-state index in [1.54, 1.807) is 12.4 Å². The first kappa shape index (κ1) is 11.9. The Kier molecular flexibility index (Phi) is 3.61. The molecule has 2 rings (SSSR count). The van der Waals surface area contributed by atoms with E-state index in [0.717, 1.165) is 18.6 Å². The fraction of sp³-hybridized carbons (Fsp3) is 0.538. The molecule has 1 fully saturated rings. The van der Waals surface area contributed by atoms with Crippen molar-refractivity contribution in [2.75, 3.05) is 13.7 Å². The zero-order chi connectivity index (χ0) is 12.3. The van der Waals surface area contributed by atoms with Crippen LogP contribution >= 0.6 is 0 Å². The molecule has 0 saturated carbocycles. The highest BCUT2D eigenvalue weighted by atomic mass is 16.5. The van der Waals surface area contributed by atoms with Crippen LogP contribution < -0.4 is 4.74 Å². The molecule has 1 aliphatic rings. The van der Waals surface area contributed by atoms with Gasteiger partial charge in [0.05, 0.1) is 12.2 Å². The molecule has 0 aromatic carbocycles. The van der Waals surface area contributed by atoms with Gasteiger partial charge in [0.15, 0.2) is 0 Å². The van der Waals surface area contributed by atoms with Crippen molar-refractivity contribution in [3.63, 3.8) is 0 Å². The Balaban J connectivity index is 1.90. The first-order valence-electron chi connectivity index (χ1n) is 6.02. The number of carbonyl (C=O) groups excluding carboxylic acids is 1. The minimum absolute atomic E-state index is 0.169. The third-order valence-corrected chi connectivity index (χ3v) is 3.37. The van der Waals surface area contributed by atoms with Gasteiger partial charge in [-0.25, -0.2) is 0 Å². The van der Waals surface area contributed by atoms with E-state index in [4.69, 9.17) is 4.74 Å². The Hall–Kier alpha value is -1.58. The number of likely N-dealkylation sites (N-methyl/N-ethyl adjacent to an activating group) is 1. The first-order chi connectivity index (χ1) is 8.22. The topological polar surface area (TPSA) is 42.4 Å². The van der Waals surface area contributed by atoms with Crippen LogP contribution in [0, 0.1) is 5.92 Å². The van der Waals surface area contributed by atoms with E-state index < -0.39 is 0 Å². The zero-order valence-electron chi connectivity index (χ0n) is 10.3. The van der Waals surface area contributed by atoms with Crippen LogP contribution in [0.15, 0.2) is 24.5 Å². The van der Waals surface area contributed by atoms with E-state index in [2.05, 4.69) is 11.9 Å². The SMILES string of the molecule is CC[C@H]1CC(COc2cccnc2)N(C)C1=O. The maximum atomic E-state index is 11.8. The first-order valence-corrected chi connectivity index (χ1v) is 6.02. The molecule has 0 N–H and O–H groups in total. The second-order valence-electron chi connectivity index (χ2n) is 4.44. The van der Waals surface area contributed by atoms with Gasteiger partial charge in [-0.3, -0.25) is 9.78 Å². The molecule has 1 amide bonds. The zero-order valence-corrected chi connectivity index (χ0v) is 10.3. The molecule has 92 valence electrons. The minimum atomic E-state index is 0.169. The van der Waals surface area contributed by atoms with E-state index in [0.29, 0.717) is 6.61 Å². The molecule has 1 aromatic rings. The van der Waals surface area contributed by atoms with Gasteiger partial charge in [0.25, 0.3) is 0 Å². The fourth-order valence-electron chi connectivity index (χ4n) is 2.20. The van der Waals surface area contributed by atoms with Crippen LogP contribution in [-0.2, 0) is 4.79 Å². The second kappa shape index (κ2) is 5.17. The summed E-state index contributed by atoms with van der Waals surface area (Å²) in [6, 6.07) is 3.90. The van der Waals surface area contributed by atoms with Crippen molar-refractivity contribution in [3.8, 4) is 5.75 Å². The smallest absolute Gasteiger partial charge is 0.225 e. The summed E-state index contributed by atoms with van der Waals surface area (Å²) in [6.07, 6.45) is 5.21. The Morgan fingerprint density at radius 2 is 2.41 bits per heavy atom. The molecular weight excluding hydrogens is 216 g/mol. The molecule has 1 aromatic heterocycles. The number of ether oxygens (including phenoxy) is 1. The third kappa shape index (κ3) is 2.57. The van der Waals surface area contributed by atoms with Crippen molar-refractivity contribution in [2.45, 2.75) is 25.8 Å². The van der Waals surface area contributed by atoms with E-state index in [1.807, 2.05) is 24.1 Å².